The highest BCUT2D eigenvalue weighted by atomic mass is 79.9. The zero-order valence-electron chi connectivity index (χ0n) is 7.20. The number of rotatable bonds is 5. The van der Waals surface area contributed by atoms with Gasteiger partial charge >= 0.3 is 0 Å². The summed E-state index contributed by atoms with van der Waals surface area (Å²) in [5, 5.41) is 0. The highest BCUT2D eigenvalue weighted by Gasteiger charge is 1.93. The highest BCUT2D eigenvalue weighted by Crippen LogP contribution is 2.17. The summed E-state index contributed by atoms with van der Waals surface area (Å²) in [5.74, 6) is 5.72. The molecule has 0 atom stereocenters. The Balaban J connectivity index is 2.28. The van der Waals surface area contributed by atoms with Crippen molar-refractivity contribution < 1.29 is 9.57 Å². The van der Waals surface area contributed by atoms with Crippen LogP contribution in [0.15, 0.2) is 28.7 Å². The first-order chi connectivity index (χ1) is 6.33. The van der Waals surface area contributed by atoms with Gasteiger partial charge in [0.05, 0.1) is 13.2 Å². The Labute approximate surface area is 85.9 Å². The second kappa shape index (κ2) is 5.96. The topological polar surface area (TPSA) is 44.5 Å². The van der Waals surface area contributed by atoms with Gasteiger partial charge in [-0.15, -0.1) is 0 Å². The SMILES string of the molecule is NOCCCOc1cccc(Br)c1. The van der Waals surface area contributed by atoms with E-state index in [0.29, 0.717) is 13.2 Å². The van der Waals surface area contributed by atoms with Crippen molar-refractivity contribution in [1.29, 1.82) is 0 Å². The summed E-state index contributed by atoms with van der Waals surface area (Å²) in [4.78, 5) is 4.41. The first-order valence-electron chi connectivity index (χ1n) is 4.03. The first kappa shape index (κ1) is 10.5. The van der Waals surface area contributed by atoms with E-state index in [2.05, 4.69) is 20.8 Å². The predicted octanol–water partition coefficient (Wildman–Crippen LogP) is 2.11. The van der Waals surface area contributed by atoms with Crippen molar-refractivity contribution in [2.75, 3.05) is 13.2 Å². The van der Waals surface area contributed by atoms with Gasteiger partial charge in [0.2, 0.25) is 0 Å². The summed E-state index contributed by atoms with van der Waals surface area (Å²) in [6, 6.07) is 7.71. The van der Waals surface area contributed by atoms with Crippen LogP contribution in [0, 0.1) is 0 Å². The van der Waals surface area contributed by atoms with Crippen LogP contribution in [-0.2, 0) is 4.84 Å². The molecule has 0 radical (unpaired) electrons. The normalized spacial score (nSPS) is 10.0. The Bertz CT molecular complexity index is 255. The summed E-state index contributed by atoms with van der Waals surface area (Å²) < 4.78 is 6.44. The Morgan fingerprint density at radius 3 is 2.85 bits per heavy atom. The molecule has 0 heterocycles. The standard InChI is InChI=1S/C9H12BrNO2/c10-8-3-1-4-9(7-8)12-5-2-6-13-11/h1,3-4,7H,2,5-6,11H2. The second-order valence-corrected chi connectivity index (χ2v) is 3.45. The summed E-state index contributed by atoms with van der Waals surface area (Å²) in [7, 11) is 0. The lowest BCUT2D eigenvalue weighted by Gasteiger charge is -2.05. The molecule has 0 saturated carbocycles. The molecule has 0 unspecified atom stereocenters. The van der Waals surface area contributed by atoms with Crippen molar-refractivity contribution >= 4 is 15.9 Å². The van der Waals surface area contributed by atoms with Gasteiger partial charge in [-0.05, 0) is 18.2 Å². The fourth-order valence-electron chi connectivity index (χ4n) is 0.889. The van der Waals surface area contributed by atoms with Gasteiger partial charge in [-0.3, -0.25) is 0 Å². The van der Waals surface area contributed by atoms with Crippen LogP contribution in [0.2, 0.25) is 0 Å². The van der Waals surface area contributed by atoms with Crippen molar-refractivity contribution in [3.05, 3.63) is 28.7 Å². The molecule has 0 aliphatic rings. The zero-order chi connectivity index (χ0) is 9.52. The Hall–Kier alpha value is -0.580. The maximum atomic E-state index is 5.42. The van der Waals surface area contributed by atoms with E-state index in [9.17, 15) is 0 Å². The largest absolute Gasteiger partial charge is 0.493 e. The lowest BCUT2D eigenvalue weighted by Crippen LogP contribution is -2.06. The second-order valence-electron chi connectivity index (χ2n) is 2.53. The molecule has 3 nitrogen and oxygen atoms in total. The van der Waals surface area contributed by atoms with Gasteiger partial charge in [0, 0.05) is 10.9 Å². The van der Waals surface area contributed by atoms with E-state index in [1.54, 1.807) is 0 Å². The van der Waals surface area contributed by atoms with E-state index in [0.717, 1.165) is 16.6 Å². The van der Waals surface area contributed by atoms with Crippen LogP contribution in [0.25, 0.3) is 0 Å². The lowest BCUT2D eigenvalue weighted by molar-refractivity contribution is 0.122. The molecule has 0 fully saturated rings. The first-order valence-corrected chi connectivity index (χ1v) is 4.82. The van der Waals surface area contributed by atoms with E-state index >= 15 is 0 Å². The van der Waals surface area contributed by atoms with Crippen LogP contribution in [0.4, 0.5) is 0 Å². The van der Waals surface area contributed by atoms with E-state index in [4.69, 9.17) is 10.6 Å². The third-order valence-corrected chi connectivity index (χ3v) is 1.96. The third kappa shape index (κ3) is 4.26. The maximum Gasteiger partial charge on any atom is 0.120 e. The molecule has 0 saturated heterocycles. The number of ether oxygens (including phenoxy) is 1. The fraction of sp³-hybridized carbons (Fsp3) is 0.333. The Morgan fingerprint density at radius 2 is 2.15 bits per heavy atom. The number of hydrogen-bond acceptors (Lipinski definition) is 3. The van der Waals surface area contributed by atoms with Gasteiger partial charge in [0.1, 0.15) is 5.75 Å². The minimum atomic E-state index is 0.522. The minimum absolute atomic E-state index is 0.522. The predicted molar refractivity (Wildman–Crippen MR) is 54.4 cm³/mol. The fourth-order valence-corrected chi connectivity index (χ4v) is 1.27. The molecular formula is C9H12BrNO2. The van der Waals surface area contributed by atoms with Crippen molar-refractivity contribution in [2.24, 2.45) is 5.90 Å². The van der Waals surface area contributed by atoms with E-state index in [1.165, 1.54) is 0 Å². The molecule has 13 heavy (non-hydrogen) atoms. The minimum Gasteiger partial charge on any atom is -0.493 e. The smallest absolute Gasteiger partial charge is 0.120 e. The van der Waals surface area contributed by atoms with Crippen molar-refractivity contribution in [2.45, 2.75) is 6.42 Å². The van der Waals surface area contributed by atoms with E-state index in [1.807, 2.05) is 24.3 Å². The van der Waals surface area contributed by atoms with Crippen LogP contribution in [0.5, 0.6) is 5.75 Å². The highest BCUT2D eigenvalue weighted by molar-refractivity contribution is 9.10. The van der Waals surface area contributed by atoms with Crippen LogP contribution >= 0.6 is 15.9 Å². The van der Waals surface area contributed by atoms with Crippen LogP contribution < -0.4 is 10.6 Å². The molecule has 0 aromatic heterocycles. The molecule has 0 amide bonds. The maximum absolute atomic E-state index is 5.42. The molecule has 1 aromatic carbocycles. The molecule has 0 spiro atoms. The monoisotopic (exact) mass is 245 g/mol. The van der Waals surface area contributed by atoms with Crippen LogP contribution in [0.3, 0.4) is 0 Å². The number of hydrogen-bond donors (Lipinski definition) is 1. The lowest BCUT2D eigenvalue weighted by atomic mass is 10.3. The summed E-state index contributed by atoms with van der Waals surface area (Å²) in [5.41, 5.74) is 0. The molecule has 1 rings (SSSR count). The van der Waals surface area contributed by atoms with E-state index in [-0.39, 0.29) is 0 Å². The van der Waals surface area contributed by atoms with Crippen LogP contribution in [-0.4, -0.2) is 13.2 Å². The van der Waals surface area contributed by atoms with Gasteiger partial charge in [-0.1, -0.05) is 22.0 Å². The number of halogens is 1. The van der Waals surface area contributed by atoms with Gasteiger partial charge in [0.25, 0.3) is 0 Å². The Kier molecular flexibility index (Phi) is 4.82. The molecule has 2 N–H and O–H groups in total. The molecule has 72 valence electrons. The van der Waals surface area contributed by atoms with Crippen molar-refractivity contribution in [3.8, 4) is 5.75 Å². The van der Waals surface area contributed by atoms with Gasteiger partial charge in [0.15, 0.2) is 0 Å². The van der Waals surface area contributed by atoms with Gasteiger partial charge in [-0.25, -0.2) is 5.90 Å². The van der Waals surface area contributed by atoms with Crippen LogP contribution in [0.1, 0.15) is 6.42 Å². The average molecular weight is 246 g/mol. The van der Waals surface area contributed by atoms with Gasteiger partial charge < -0.3 is 9.57 Å². The van der Waals surface area contributed by atoms with Crippen molar-refractivity contribution in [1.82, 2.24) is 0 Å². The van der Waals surface area contributed by atoms with E-state index < -0.39 is 0 Å². The summed E-state index contributed by atoms with van der Waals surface area (Å²) in [6.45, 7) is 1.14. The third-order valence-electron chi connectivity index (χ3n) is 1.47. The summed E-state index contributed by atoms with van der Waals surface area (Å²) >= 11 is 3.36. The molecule has 0 aliphatic heterocycles. The zero-order valence-corrected chi connectivity index (χ0v) is 8.79. The number of nitrogens with two attached hydrogens (primary N) is 1. The molecular weight excluding hydrogens is 234 g/mol. The Morgan fingerprint density at radius 1 is 1.31 bits per heavy atom. The number of benzene rings is 1. The van der Waals surface area contributed by atoms with Crippen molar-refractivity contribution in [3.63, 3.8) is 0 Å². The van der Waals surface area contributed by atoms with Gasteiger partial charge in [-0.2, -0.15) is 0 Å². The molecule has 0 bridgehead atoms. The molecule has 4 heteroatoms. The quantitative estimate of drug-likeness (QED) is 0.639. The average Bonchev–Trinajstić information content (AvgIpc) is 2.13. The molecule has 0 aliphatic carbocycles. The molecule has 1 aromatic rings. The summed E-state index contributed by atoms with van der Waals surface area (Å²) in [6.07, 6.45) is 0.795.